The summed E-state index contributed by atoms with van der Waals surface area (Å²) in [7, 11) is 1.70. The number of aryl methyl sites for hydroxylation is 1. The van der Waals surface area contributed by atoms with E-state index < -0.39 is 0 Å². The molecule has 0 spiro atoms. The third-order valence-electron chi connectivity index (χ3n) is 5.44. The number of hydrogen-bond acceptors (Lipinski definition) is 3. The number of carbonyl (C=O) groups is 2. The van der Waals surface area contributed by atoms with Crippen molar-refractivity contribution >= 4 is 17.5 Å². The monoisotopic (exact) mass is 344 g/mol. The van der Waals surface area contributed by atoms with Crippen molar-refractivity contribution in [3.05, 3.63) is 29.3 Å². The number of ether oxygens (including phenoxy) is 1. The van der Waals surface area contributed by atoms with Crippen LogP contribution in [-0.4, -0.2) is 43.5 Å². The first-order valence-electron chi connectivity index (χ1n) is 9.28. The second kappa shape index (κ2) is 8.00. The Labute approximate surface area is 149 Å². The van der Waals surface area contributed by atoms with Crippen molar-refractivity contribution in [1.82, 2.24) is 4.90 Å². The summed E-state index contributed by atoms with van der Waals surface area (Å²) in [5, 5.41) is 3.04. The lowest BCUT2D eigenvalue weighted by atomic mass is 10.1. The van der Waals surface area contributed by atoms with E-state index in [4.69, 9.17) is 4.74 Å². The molecule has 5 nitrogen and oxygen atoms in total. The fraction of sp³-hybridized carbons (Fsp3) is 0.600. The van der Waals surface area contributed by atoms with Crippen LogP contribution in [0.4, 0.5) is 5.69 Å². The minimum atomic E-state index is 0.0370. The van der Waals surface area contributed by atoms with Gasteiger partial charge in [0.1, 0.15) is 0 Å². The molecule has 1 aliphatic carbocycles. The Morgan fingerprint density at radius 2 is 2.00 bits per heavy atom. The number of nitrogens with one attached hydrogen (secondary N) is 1. The quantitative estimate of drug-likeness (QED) is 0.892. The van der Waals surface area contributed by atoms with Crippen LogP contribution in [0, 0.1) is 18.8 Å². The average Bonchev–Trinajstić information content (AvgIpc) is 3.28. The second-order valence-electron chi connectivity index (χ2n) is 7.36. The van der Waals surface area contributed by atoms with Gasteiger partial charge in [-0.2, -0.15) is 0 Å². The molecule has 3 rings (SSSR count). The minimum Gasteiger partial charge on any atom is -0.384 e. The van der Waals surface area contributed by atoms with Gasteiger partial charge in [-0.1, -0.05) is 18.9 Å². The van der Waals surface area contributed by atoms with Crippen LogP contribution in [0.1, 0.15) is 48.0 Å². The molecule has 1 atom stereocenters. The van der Waals surface area contributed by atoms with E-state index in [0.29, 0.717) is 18.1 Å². The van der Waals surface area contributed by atoms with E-state index in [-0.39, 0.29) is 17.7 Å². The number of anilines is 1. The Morgan fingerprint density at radius 1 is 1.24 bits per heavy atom. The lowest BCUT2D eigenvalue weighted by Crippen LogP contribution is -2.29. The van der Waals surface area contributed by atoms with E-state index in [2.05, 4.69) is 5.32 Å². The first-order valence-corrected chi connectivity index (χ1v) is 9.28. The zero-order valence-electron chi connectivity index (χ0n) is 15.2. The van der Waals surface area contributed by atoms with Crippen LogP contribution in [0.2, 0.25) is 0 Å². The number of nitrogens with zero attached hydrogens (tertiary/aromatic N) is 1. The summed E-state index contributed by atoms with van der Waals surface area (Å²) < 4.78 is 5.20. The van der Waals surface area contributed by atoms with Crippen LogP contribution < -0.4 is 5.32 Å². The first kappa shape index (κ1) is 17.9. The van der Waals surface area contributed by atoms with Gasteiger partial charge in [-0.3, -0.25) is 9.59 Å². The van der Waals surface area contributed by atoms with Crippen molar-refractivity contribution in [3.63, 3.8) is 0 Å². The van der Waals surface area contributed by atoms with Crippen molar-refractivity contribution in [2.75, 3.05) is 32.1 Å². The topological polar surface area (TPSA) is 58.6 Å². The Bertz CT molecular complexity index is 638. The van der Waals surface area contributed by atoms with E-state index in [0.717, 1.165) is 56.4 Å². The summed E-state index contributed by atoms with van der Waals surface area (Å²) in [6.45, 7) is 4.16. The van der Waals surface area contributed by atoms with Crippen LogP contribution in [0.15, 0.2) is 18.2 Å². The van der Waals surface area contributed by atoms with Crippen LogP contribution in [0.5, 0.6) is 0 Å². The fourth-order valence-electron chi connectivity index (χ4n) is 3.88. The van der Waals surface area contributed by atoms with Gasteiger partial charge in [-0.15, -0.1) is 0 Å². The van der Waals surface area contributed by atoms with Gasteiger partial charge < -0.3 is 15.0 Å². The van der Waals surface area contributed by atoms with Crippen LogP contribution in [-0.2, 0) is 9.53 Å². The Kier molecular flexibility index (Phi) is 5.74. The first-order chi connectivity index (χ1) is 12.1. The second-order valence-corrected chi connectivity index (χ2v) is 7.36. The number of carbonyl (C=O) groups excluding carboxylic acids is 2. The molecule has 0 radical (unpaired) electrons. The number of amides is 2. The van der Waals surface area contributed by atoms with Crippen LogP contribution in [0.25, 0.3) is 0 Å². The molecule has 1 heterocycles. The normalized spacial score (nSPS) is 20.9. The number of likely N-dealkylation sites (tertiary alicyclic amines) is 1. The van der Waals surface area contributed by atoms with Gasteiger partial charge in [0.2, 0.25) is 5.91 Å². The molecule has 1 saturated carbocycles. The van der Waals surface area contributed by atoms with Crippen LogP contribution in [0.3, 0.4) is 0 Å². The molecule has 2 amide bonds. The molecule has 1 aliphatic heterocycles. The van der Waals surface area contributed by atoms with E-state index in [1.807, 2.05) is 30.0 Å². The van der Waals surface area contributed by atoms with E-state index in [9.17, 15) is 9.59 Å². The molecule has 2 fully saturated rings. The molecule has 1 N–H and O–H groups in total. The summed E-state index contributed by atoms with van der Waals surface area (Å²) in [5.41, 5.74) is 2.39. The molecule has 5 heteroatoms. The van der Waals surface area contributed by atoms with Gasteiger partial charge in [0.15, 0.2) is 0 Å². The van der Waals surface area contributed by atoms with Gasteiger partial charge in [-0.05, 0) is 43.9 Å². The molecule has 0 bridgehead atoms. The molecular formula is C20H28N2O3. The van der Waals surface area contributed by atoms with Crippen molar-refractivity contribution in [1.29, 1.82) is 0 Å². The number of hydrogen-bond donors (Lipinski definition) is 1. The maximum absolute atomic E-state index is 12.8. The van der Waals surface area contributed by atoms with Crippen molar-refractivity contribution in [2.45, 2.75) is 39.0 Å². The lowest BCUT2D eigenvalue weighted by molar-refractivity contribution is -0.119. The molecule has 1 aromatic rings. The molecule has 136 valence electrons. The van der Waals surface area contributed by atoms with Gasteiger partial charge in [0, 0.05) is 43.3 Å². The molecule has 1 saturated heterocycles. The summed E-state index contributed by atoms with van der Waals surface area (Å²) in [4.78, 5) is 27.1. The third-order valence-corrected chi connectivity index (χ3v) is 5.44. The van der Waals surface area contributed by atoms with Gasteiger partial charge in [0.05, 0.1) is 6.61 Å². The highest BCUT2D eigenvalue weighted by Gasteiger charge is 2.27. The summed E-state index contributed by atoms with van der Waals surface area (Å²) >= 11 is 0. The average molecular weight is 344 g/mol. The van der Waals surface area contributed by atoms with Gasteiger partial charge in [0.25, 0.3) is 5.91 Å². The Balaban J connectivity index is 1.68. The van der Waals surface area contributed by atoms with Crippen molar-refractivity contribution < 1.29 is 14.3 Å². The van der Waals surface area contributed by atoms with Crippen molar-refractivity contribution in [2.24, 2.45) is 11.8 Å². The smallest absolute Gasteiger partial charge is 0.253 e. The minimum absolute atomic E-state index is 0.0370. The van der Waals surface area contributed by atoms with Crippen molar-refractivity contribution in [3.8, 4) is 0 Å². The molecule has 0 aromatic heterocycles. The molecule has 1 aromatic carbocycles. The van der Waals surface area contributed by atoms with Gasteiger partial charge >= 0.3 is 0 Å². The third kappa shape index (κ3) is 4.21. The predicted molar refractivity (Wildman–Crippen MR) is 97.7 cm³/mol. The fourth-order valence-corrected chi connectivity index (χ4v) is 3.88. The standard InChI is InChI=1S/C20H28N2O3/c1-14-7-8-17(20(24)22-10-9-15(12-22)13-25-2)11-18(14)21-19(23)16-5-3-4-6-16/h7-8,11,15-16H,3-6,9-10,12-13H2,1-2H3,(H,21,23). The molecule has 1 unspecified atom stereocenters. The zero-order chi connectivity index (χ0) is 17.8. The lowest BCUT2D eigenvalue weighted by Gasteiger charge is -2.18. The molecule has 2 aliphatic rings. The molecule has 25 heavy (non-hydrogen) atoms. The maximum atomic E-state index is 12.8. The number of rotatable bonds is 5. The van der Waals surface area contributed by atoms with E-state index in [1.165, 1.54) is 0 Å². The van der Waals surface area contributed by atoms with E-state index in [1.54, 1.807) is 7.11 Å². The highest BCUT2D eigenvalue weighted by molar-refractivity contribution is 5.98. The van der Waals surface area contributed by atoms with E-state index >= 15 is 0 Å². The number of methoxy groups -OCH3 is 1. The Hall–Kier alpha value is -1.88. The summed E-state index contributed by atoms with van der Waals surface area (Å²) in [6.07, 6.45) is 5.19. The largest absolute Gasteiger partial charge is 0.384 e. The van der Waals surface area contributed by atoms with Crippen LogP contribution >= 0.6 is 0 Å². The highest BCUT2D eigenvalue weighted by atomic mass is 16.5. The Morgan fingerprint density at radius 3 is 2.72 bits per heavy atom. The zero-order valence-corrected chi connectivity index (χ0v) is 15.2. The SMILES string of the molecule is COCC1CCN(C(=O)c2ccc(C)c(NC(=O)C3CCCC3)c2)C1. The molecular weight excluding hydrogens is 316 g/mol. The summed E-state index contributed by atoms with van der Waals surface area (Å²) in [5.74, 6) is 0.662. The predicted octanol–water partition coefficient (Wildman–Crippen LogP) is 3.23. The number of benzene rings is 1. The van der Waals surface area contributed by atoms with Gasteiger partial charge in [-0.25, -0.2) is 0 Å². The summed E-state index contributed by atoms with van der Waals surface area (Å²) in [6, 6.07) is 5.60. The highest BCUT2D eigenvalue weighted by Crippen LogP contribution is 2.27. The maximum Gasteiger partial charge on any atom is 0.253 e.